The third kappa shape index (κ3) is 3.66. The van der Waals surface area contributed by atoms with Gasteiger partial charge in [-0.2, -0.15) is 0 Å². The quantitative estimate of drug-likeness (QED) is 0.637. The van der Waals surface area contributed by atoms with Crippen molar-refractivity contribution in [2.45, 2.75) is 19.8 Å². The number of rotatable bonds is 5. The van der Waals surface area contributed by atoms with Crippen LogP contribution in [0.2, 0.25) is 0 Å². The van der Waals surface area contributed by atoms with Gasteiger partial charge in [-0.15, -0.1) is 0 Å². The molecule has 2 rings (SSSR count). The summed E-state index contributed by atoms with van der Waals surface area (Å²) in [7, 11) is 0. The Labute approximate surface area is 121 Å². The van der Waals surface area contributed by atoms with Crippen LogP contribution >= 0.6 is 0 Å². The molecule has 0 bridgehead atoms. The van der Waals surface area contributed by atoms with Gasteiger partial charge in [-0.1, -0.05) is 6.92 Å². The van der Waals surface area contributed by atoms with E-state index < -0.39 is 9.85 Å². The summed E-state index contributed by atoms with van der Waals surface area (Å²) in [5.74, 6) is 0. The number of anilines is 1. The molecule has 21 heavy (non-hydrogen) atoms. The first-order valence-corrected chi connectivity index (χ1v) is 6.79. The highest BCUT2D eigenvalue weighted by Gasteiger charge is 2.28. The zero-order valence-corrected chi connectivity index (χ0v) is 11.8. The Kier molecular flexibility index (Phi) is 4.37. The number of benzene rings is 1. The summed E-state index contributed by atoms with van der Waals surface area (Å²) in [6, 6.07) is 3.66. The van der Waals surface area contributed by atoms with E-state index in [4.69, 9.17) is 0 Å². The van der Waals surface area contributed by atoms with Crippen LogP contribution in [0.3, 0.4) is 0 Å². The smallest absolute Gasteiger partial charge is 0.299 e. The van der Waals surface area contributed by atoms with E-state index in [1.807, 2.05) is 0 Å². The molecule has 1 saturated heterocycles. The van der Waals surface area contributed by atoms with Crippen molar-refractivity contribution in [2.75, 3.05) is 25.0 Å². The summed E-state index contributed by atoms with van der Waals surface area (Å²) in [5.41, 5.74) is -0.208. The van der Waals surface area contributed by atoms with Crippen LogP contribution in [-0.4, -0.2) is 29.5 Å². The Balaban J connectivity index is 2.15. The first-order chi connectivity index (χ1) is 9.91. The van der Waals surface area contributed by atoms with Crippen molar-refractivity contribution in [3.8, 4) is 0 Å². The molecule has 0 saturated carbocycles. The molecule has 2 N–H and O–H groups in total. The highest BCUT2D eigenvalue weighted by atomic mass is 16.6. The zero-order chi connectivity index (χ0) is 15.5. The van der Waals surface area contributed by atoms with E-state index in [0.717, 1.165) is 32.0 Å². The summed E-state index contributed by atoms with van der Waals surface area (Å²) in [5, 5.41) is 28.1. The molecule has 114 valence electrons. The molecular weight excluding hydrogens is 276 g/mol. The van der Waals surface area contributed by atoms with E-state index in [-0.39, 0.29) is 16.8 Å². The maximum absolute atomic E-state index is 11.1. The largest absolute Gasteiger partial charge is 0.379 e. The number of nitrogens with one attached hydrogen (secondary N) is 2. The van der Waals surface area contributed by atoms with E-state index in [9.17, 15) is 20.2 Å². The maximum atomic E-state index is 11.1. The lowest BCUT2D eigenvalue weighted by atomic mass is 9.83. The normalized spacial score (nSPS) is 21.8. The Morgan fingerprint density at radius 1 is 1.33 bits per heavy atom. The highest BCUT2D eigenvalue weighted by molar-refractivity contribution is 5.65. The lowest BCUT2D eigenvalue weighted by Gasteiger charge is -2.34. The van der Waals surface area contributed by atoms with E-state index in [2.05, 4.69) is 17.6 Å². The first kappa shape index (κ1) is 15.2. The van der Waals surface area contributed by atoms with Gasteiger partial charge in [-0.25, -0.2) is 0 Å². The molecule has 1 aliphatic heterocycles. The number of hydrogen-bond donors (Lipinski definition) is 2. The standard InChI is InChI=1S/C13H18N4O4/c1-13(5-2-6-14-8-13)9-15-11-4-3-10(16(18)19)7-12(11)17(20)21/h3-4,7,14-15H,2,5-6,8-9H2,1H3. The van der Waals surface area contributed by atoms with E-state index in [1.54, 1.807) is 0 Å². The summed E-state index contributed by atoms with van der Waals surface area (Å²) in [6.45, 7) is 4.54. The molecule has 1 unspecified atom stereocenters. The Bertz CT molecular complexity index is 555. The lowest BCUT2D eigenvalue weighted by Crippen LogP contribution is -2.42. The molecular formula is C13H18N4O4. The summed E-state index contributed by atoms with van der Waals surface area (Å²) in [6.07, 6.45) is 2.11. The molecule has 8 heteroatoms. The Hall–Kier alpha value is -2.22. The fraction of sp³-hybridized carbons (Fsp3) is 0.538. The molecule has 0 aliphatic carbocycles. The van der Waals surface area contributed by atoms with Gasteiger partial charge in [0.05, 0.1) is 15.9 Å². The molecule has 1 atom stereocenters. The third-order valence-corrected chi connectivity index (χ3v) is 3.78. The van der Waals surface area contributed by atoms with Crippen LogP contribution in [0.25, 0.3) is 0 Å². The fourth-order valence-corrected chi connectivity index (χ4v) is 2.51. The molecule has 1 aromatic carbocycles. The Morgan fingerprint density at radius 3 is 2.67 bits per heavy atom. The molecule has 8 nitrogen and oxygen atoms in total. The van der Waals surface area contributed by atoms with E-state index in [0.29, 0.717) is 12.2 Å². The molecule has 1 aromatic rings. The first-order valence-electron chi connectivity index (χ1n) is 6.79. The second kappa shape index (κ2) is 6.04. The van der Waals surface area contributed by atoms with Crippen molar-refractivity contribution in [1.82, 2.24) is 5.32 Å². The predicted octanol–water partition coefficient (Wildman–Crippen LogP) is 2.30. The minimum atomic E-state index is -0.636. The zero-order valence-electron chi connectivity index (χ0n) is 11.8. The topological polar surface area (TPSA) is 110 Å². The number of piperidine rings is 1. The van der Waals surface area contributed by atoms with Crippen molar-refractivity contribution in [2.24, 2.45) is 5.41 Å². The van der Waals surface area contributed by atoms with Crippen LogP contribution in [-0.2, 0) is 0 Å². The summed E-state index contributed by atoms with van der Waals surface area (Å²) < 4.78 is 0. The summed E-state index contributed by atoms with van der Waals surface area (Å²) >= 11 is 0. The van der Waals surface area contributed by atoms with Crippen molar-refractivity contribution >= 4 is 17.1 Å². The van der Waals surface area contributed by atoms with Crippen LogP contribution in [0.1, 0.15) is 19.8 Å². The van der Waals surface area contributed by atoms with Crippen LogP contribution in [0, 0.1) is 25.6 Å². The number of nitro benzene ring substituents is 2. The van der Waals surface area contributed by atoms with Crippen molar-refractivity contribution < 1.29 is 9.85 Å². The van der Waals surface area contributed by atoms with Crippen molar-refractivity contribution in [3.63, 3.8) is 0 Å². The van der Waals surface area contributed by atoms with E-state index >= 15 is 0 Å². The SMILES string of the molecule is CC1(CNc2ccc([N+](=O)[O-])cc2[N+](=O)[O-])CCCNC1. The van der Waals surface area contributed by atoms with Crippen molar-refractivity contribution in [1.29, 1.82) is 0 Å². The minimum Gasteiger partial charge on any atom is -0.379 e. The monoisotopic (exact) mass is 294 g/mol. The third-order valence-electron chi connectivity index (χ3n) is 3.78. The van der Waals surface area contributed by atoms with E-state index in [1.165, 1.54) is 12.1 Å². The maximum Gasteiger partial charge on any atom is 0.299 e. The second-order valence-corrected chi connectivity index (χ2v) is 5.66. The predicted molar refractivity (Wildman–Crippen MR) is 78.5 cm³/mol. The van der Waals surface area contributed by atoms with Gasteiger partial charge in [0.2, 0.25) is 0 Å². The number of nitro groups is 2. The number of nitrogens with zero attached hydrogens (tertiary/aromatic N) is 2. The number of non-ortho nitro benzene ring substituents is 1. The highest BCUT2D eigenvalue weighted by Crippen LogP contribution is 2.31. The summed E-state index contributed by atoms with van der Waals surface area (Å²) in [4.78, 5) is 20.5. The van der Waals surface area contributed by atoms with Gasteiger partial charge < -0.3 is 10.6 Å². The molecule has 1 aliphatic rings. The molecule has 0 amide bonds. The average Bonchev–Trinajstić information content (AvgIpc) is 2.45. The Morgan fingerprint density at radius 2 is 2.10 bits per heavy atom. The van der Waals surface area contributed by atoms with Gasteiger partial charge in [-0.05, 0) is 30.9 Å². The van der Waals surface area contributed by atoms with Gasteiger partial charge in [0.15, 0.2) is 0 Å². The molecule has 0 aromatic heterocycles. The van der Waals surface area contributed by atoms with Gasteiger partial charge in [0.25, 0.3) is 11.4 Å². The molecule has 1 heterocycles. The lowest BCUT2D eigenvalue weighted by molar-refractivity contribution is -0.393. The number of hydrogen-bond acceptors (Lipinski definition) is 6. The molecule has 0 radical (unpaired) electrons. The van der Waals surface area contributed by atoms with Crippen molar-refractivity contribution in [3.05, 3.63) is 38.4 Å². The van der Waals surface area contributed by atoms with Gasteiger partial charge in [0, 0.05) is 19.2 Å². The van der Waals surface area contributed by atoms with Gasteiger partial charge in [0.1, 0.15) is 5.69 Å². The molecule has 0 spiro atoms. The average molecular weight is 294 g/mol. The fourth-order valence-electron chi connectivity index (χ4n) is 2.51. The minimum absolute atomic E-state index is 0.0217. The van der Waals surface area contributed by atoms with Crippen LogP contribution < -0.4 is 10.6 Å². The second-order valence-electron chi connectivity index (χ2n) is 5.66. The van der Waals surface area contributed by atoms with Gasteiger partial charge >= 0.3 is 0 Å². The van der Waals surface area contributed by atoms with Gasteiger partial charge in [-0.3, -0.25) is 20.2 Å². The van der Waals surface area contributed by atoms with Crippen LogP contribution in [0.4, 0.5) is 17.1 Å². The van der Waals surface area contributed by atoms with Crippen LogP contribution in [0.5, 0.6) is 0 Å². The van der Waals surface area contributed by atoms with Crippen LogP contribution in [0.15, 0.2) is 18.2 Å². The molecule has 1 fully saturated rings.